The molecule has 0 radical (unpaired) electrons. The van der Waals surface area contributed by atoms with E-state index in [1.807, 2.05) is 43.3 Å². The molecule has 2 atom stereocenters. The first-order chi connectivity index (χ1) is 11.6. The molecule has 1 fully saturated rings. The summed E-state index contributed by atoms with van der Waals surface area (Å²) in [6, 6.07) is 11.7. The normalized spacial score (nSPS) is 19.4. The molecule has 0 aliphatic heterocycles. The van der Waals surface area contributed by atoms with Crippen molar-refractivity contribution >= 4 is 12.0 Å². The summed E-state index contributed by atoms with van der Waals surface area (Å²) < 4.78 is 11.4. The number of rotatable bonds is 7. The molecule has 1 aliphatic rings. The van der Waals surface area contributed by atoms with Crippen LogP contribution in [0.15, 0.2) is 46.9 Å². The molecule has 0 bridgehead atoms. The van der Waals surface area contributed by atoms with Gasteiger partial charge in [0.2, 0.25) is 5.91 Å². The number of ether oxygens (including phenoxy) is 1. The standard InChI is InChI=1S/C20H23NO3/c1-14-5-3-4-6-18(14)23-12-11-21-20(22)10-8-16-7-9-19(24-16)17-13-15(17)2/h3-10,15,17H,11-13H2,1-2H3,(H,21,22)/b10-8+. The maximum absolute atomic E-state index is 11.8. The van der Waals surface area contributed by atoms with Crippen molar-refractivity contribution in [1.82, 2.24) is 5.32 Å². The molecule has 1 heterocycles. The average molecular weight is 325 g/mol. The van der Waals surface area contributed by atoms with Crippen LogP contribution in [0, 0.1) is 12.8 Å². The van der Waals surface area contributed by atoms with Crippen molar-refractivity contribution in [2.75, 3.05) is 13.2 Å². The van der Waals surface area contributed by atoms with Crippen molar-refractivity contribution in [3.63, 3.8) is 0 Å². The third kappa shape index (κ3) is 4.28. The largest absolute Gasteiger partial charge is 0.491 e. The molecule has 4 heteroatoms. The van der Waals surface area contributed by atoms with Crippen LogP contribution < -0.4 is 10.1 Å². The van der Waals surface area contributed by atoms with E-state index in [0.29, 0.717) is 25.0 Å². The molecule has 1 aromatic carbocycles. The first-order valence-corrected chi connectivity index (χ1v) is 8.37. The Hall–Kier alpha value is -2.49. The lowest BCUT2D eigenvalue weighted by Crippen LogP contribution is -2.26. The molecule has 1 amide bonds. The van der Waals surface area contributed by atoms with Gasteiger partial charge in [0.25, 0.3) is 0 Å². The Bertz CT molecular complexity index is 732. The van der Waals surface area contributed by atoms with Gasteiger partial charge in [-0.05, 0) is 49.1 Å². The fourth-order valence-electron chi connectivity index (χ4n) is 2.65. The molecule has 3 rings (SSSR count). The van der Waals surface area contributed by atoms with Crippen LogP contribution >= 0.6 is 0 Å². The zero-order chi connectivity index (χ0) is 16.9. The summed E-state index contributed by atoms with van der Waals surface area (Å²) in [5, 5.41) is 2.80. The Kier molecular flexibility index (Phi) is 5.04. The number of carbonyl (C=O) groups is 1. The van der Waals surface area contributed by atoms with Crippen molar-refractivity contribution in [2.24, 2.45) is 5.92 Å². The highest BCUT2D eigenvalue weighted by atomic mass is 16.5. The van der Waals surface area contributed by atoms with Gasteiger partial charge in [-0.15, -0.1) is 0 Å². The van der Waals surface area contributed by atoms with E-state index in [-0.39, 0.29) is 5.91 Å². The fraction of sp³-hybridized carbons (Fsp3) is 0.350. The third-order valence-corrected chi connectivity index (χ3v) is 4.27. The Morgan fingerprint density at radius 1 is 1.33 bits per heavy atom. The molecule has 1 N–H and O–H groups in total. The van der Waals surface area contributed by atoms with Crippen LogP contribution in [0.3, 0.4) is 0 Å². The Labute approximate surface area is 142 Å². The van der Waals surface area contributed by atoms with Crippen LogP contribution in [0.25, 0.3) is 6.08 Å². The minimum atomic E-state index is -0.152. The lowest BCUT2D eigenvalue weighted by Gasteiger charge is -2.08. The highest BCUT2D eigenvalue weighted by Gasteiger charge is 2.36. The number of benzene rings is 1. The maximum atomic E-state index is 11.8. The summed E-state index contributed by atoms with van der Waals surface area (Å²) in [6.07, 6.45) is 4.39. The van der Waals surface area contributed by atoms with E-state index >= 15 is 0 Å². The number of aryl methyl sites for hydroxylation is 1. The first kappa shape index (κ1) is 16.4. The minimum Gasteiger partial charge on any atom is -0.491 e. The number of hydrogen-bond donors (Lipinski definition) is 1. The SMILES string of the molecule is Cc1ccccc1OCCNC(=O)/C=C/c1ccc(C2CC2C)o1. The summed E-state index contributed by atoms with van der Waals surface area (Å²) in [4.78, 5) is 11.8. The van der Waals surface area contributed by atoms with Gasteiger partial charge in [-0.1, -0.05) is 25.1 Å². The summed E-state index contributed by atoms with van der Waals surface area (Å²) in [6.45, 7) is 5.11. The summed E-state index contributed by atoms with van der Waals surface area (Å²) in [7, 11) is 0. The molecule has 1 aromatic heterocycles. The number of para-hydroxylation sites is 1. The van der Waals surface area contributed by atoms with Gasteiger partial charge in [0.15, 0.2) is 0 Å². The fourth-order valence-corrected chi connectivity index (χ4v) is 2.65. The monoisotopic (exact) mass is 325 g/mol. The quantitative estimate of drug-likeness (QED) is 0.620. The topological polar surface area (TPSA) is 51.5 Å². The summed E-state index contributed by atoms with van der Waals surface area (Å²) in [5.74, 6) is 3.70. The minimum absolute atomic E-state index is 0.152. The second-order valence-electron chi connectivity index (χ2n) is 6.30. The Balaban J connectivity index is 1.39. The molecule has 24 heavy (non-hydrogen) atoms. The van der Waals surface area contributed by atoms with Gasteiger partial charge in [0.1, 0.15) is 23.9 Å². The van der Waals surface area contributed by atoms with E-state index in [4.69, 9.17) is 9.15 Å². The number of nitrogens with one attached hydrogen (secondary N) is 1. The van der Waals surface area contributed by atoms with Crippen LogP contribution in [0.5, 0.6) is 5.75 Å². The number of amides is 1. The summed E-state index contributed by atoms with van der Waals surface area (Å²) >= 11 is 0. The first-order valence-electron chi connectivity index (χ1n) is 8.37. The van der Waals surface area contributed by atoms with E-state index in [1.54, 1.807) is 6.08 Å². The zero-order valence-corrected chi connectivity index (χ0v) is 14.1. The smallest absolute Gasteiger partial charge is 0.244 e. The molecule has 1 saturated carbocycles. The van der Waals surface area contributed by atoms with Gasteiger partial charge in [-0.25, -0.2) is 0 Å². The maximum Gasteiger partial charge on any atom is 0.244 e. The Morgan fingerprint density at radius 2 is 2.12 bits per heavy atom. The second-order valence-corrected chi connectivity index (χ2v) is 6.30. The van der Waals surface area contributed by atoms with Crippen molar-refractivity contribution in [2.45, 2.75) is 26.2 Å². The highest BCUT2D eigenvalue weighted by Crippen LogP contribution is 2.47. The number of hydrogen-bond acceptors (Lipinski definition) is 3. The molecular formula is C20H23NO3. The third-order valence-electron chi connectivity index (χ3n) is 4.27. The van der Waals surface area contributed by atoms with E-state index in [2.05, 4.69) is 12.2 Å². The average Bonchev–Trinajstić information content (AvgIpc) is 3.12. The van der Waals surface area contributed by atoms with Crippen LogP contribution in [0.1, 0.15) is 36.3 Å². The molecule has 126 valence electrons. The Morgan fingerprint density at radius 3 is 2.88 bits per heavy atom. The van der Waals surface area contributed by atoms with Gasteiger partial charge >= 0.3 is 0 Å². The van der Waals surface area contributed by atoms with E-state index in [0.717, 1.165) is 22.8 Å². The van der Waals surface area contributed by atoms with Crippen LogP contribution in [-0.2, 0) is 4.79 Å². The van der Waals surface area contributed by atoms with E-state index < -0.39 is 0 Å². The molecule has 4 nitrogen and oxygen atoms in total. The predicted molar refractivity (Wildman–Crippen MR) is 93.9 cm³/mol. The van der Waals surface area contributed by atoms with Gasteiger partial charge in [0.05, 0.1) is 6.54 Å². The van der Waals surface area contributed by atoms with Gasteiger partial charge in [-0.2, -0.15) is 0 Å². The van der Waals surface area contributed by atoms with Crippen molar-refractivity contribution in [3.05, 3.63) is 59.6 Å². The van der Waals surface area contributed by atoms with Crippen LogP contribution in [0.2, 0.25) is 0 Å². The van der Waals surface area contributed by atoms with Crippen molar-refractivity contribution in [1.29, 1.82) is 0 Å². The van der Waals surface area contributed by atoms with Crippen LogP contribution in [-0.4, -0.2) is 19.1 Å². The van der Waals surface area contributed by atoms with Crippen molar-refractivity contribution in [3.8, 4) is 5.75 Å². The van der Waals surface area contributed by atoms with Gasteiger partial charge in [0, 0.05) is 12.0 Å². The lowest BCUT2D eigenvalue weighted by molar-refractivity contribution is -0.116. The molecule has 2 aromatic rings. The van der Waals surface area contributed by atoms with Gasteiger partial charge < -0.3 is 14.5 Å². The predicted octanol–water partition coefficient (Wildman–Crippen LogP) is 3.92. The van der Waals surface area contributed by atoms with Crippen molar-refractivity contribution < 1.29 is 13.9 Å². The van der Waals surface area contributed by atoms with E-state index in [9.17, 15) is 4.79 Å². The molecular weight excluding hydrogens is 302 g/mol. The van der Waals surface area contributed by atoms with Gasteiger partial charge in [-0.3, -0.25) is 4.79 Å². The number of furan rings is 1. The molecule has 0 spiro atoms. The molecule has 1 aliphatic carbocycles. The summed E-state index contributed by atoms with van der Waals surface area (Å²) in [5.41, 5.74) is 1.09. The molecule has 0 saturated heterocycles. The lowest BCUT2D eigenvalue weighted by atomic mass is 10.2. The van der Waals surface area contributed by atoms with E-state index in [1.165, 1.54) is 12.5 Å². The zero-order valence-electron chi connectivity index (χ0n) is 14.1. The second kappa shape index (κ2) is 7.39. The van der Waals surface area contributed by atoms with Crippen LogP contribution in [0.4, 0.5) is 0 Å². The highest BCUT2D eigenvalue weighted by molar-refractivity contribution is 5.91. The number of carbonyl (C=O) groups excluding carboxylic acids is 1. The molecule has 2 unspecified atom stereocenters.